The smallest absolute Gasteiger partial charge is 0.226 e. The monoisotopic (exact) mass is 370 g/mol. The summed E-state index contributed by atoms with van der Waals surface area (Å²) < 4.78 is 10.6. The van der Waals surface area contributed by atoms with Crippen molar-refractivity contribution in [2.24, 2.45) is 0 Å². The number of carbonyl (C=O) groups excluding carboxylic acids is 2. The number of amides is 2. The summed E-state index contributed by atoms with van der Waals surface area (Å²) in [6, 6.07) is 11.0. The van der Waals surface area contributed by atoms with E-state index >= 15 is 0 Å². The third-order valence-electron chi connectivity index (χ3n) is 4.50. The molecule has 0 spiro atoms. The summed E-state index contributed by atoms with van der Waals surface area (Å²) in [7, 11) is 3.10. The van der Waals surface area contributed by atoms with E-state index in [9.17, 15) is 9.59 Å². The number of nitrogens with zero attached hydrogens (tertiary/aromatic N) is 1. The molecule has 0 atom stereocenters. The normalized spacial score (nSPS) is 10.3. The van der Waals surface area contributed by atoms with E-state index in [1.54, 1.807) is 25.3 Å². The molecule has 27 heavy (non-hydrogen) atoms. The molecule has 0 heterocycles. The van der Waals surface area contributed by atoms with Crippen LogP contribution in [-0.4, -0.2) is 32.6 Å². The quantitative estimate of drug-likeness (QED) is 0.807. The van der Waals surface area contributed by atoms with Gasteiger partial charge in [0, 0.05) is 31.6 Å². The summed E-state index contributed by atoms with van der Waals surface area (Å²) in [4.78, 5) is 26.1. The van der Waals surface area contributed by atoms with Gasteiger partial charge in [-0.3, -0.25) is 9.59 Å². The van der Waals surface area contributed by atoms with Crippen LogP contribution in [0.1, 0.15) is 24.5 Å². The van der Waals surface area contributed by atoms with E-state index in [0.29, 0.717) is 17.2 Å². The number of ether oxygens (including phenoxy) is 2. The predicted molar refractivity (Wildman–Crippen MR) is 107 cm³/mol. The molecule has 6 nitrogen and oxygen atoms in total. The number of carbonyl (C=O) groups is 2. The minimum atomic E-state index is -0.180. The summed E-state index contributed by atoms with van der Waals surface area (Å²) in [6.45, 7) is 5.66. The molecule has 0 bridgehead atoms. The minimum absolute atomic E-state index is 0.156. The molecule has 0 aliphatic heterocycles. The molecule has 2 rings (SSSR count). The summed E-state index contributed by atoms with van der Waals surface area (Å²) in [5.74, 6) is 0.815. The topological polar surface area (TPSA) is 67.9 Å². The lowest BCUT2D eigenvalue weighted by Gasteiger charge is -2.23. The zero-order valence-electron chi connectivity index (χ0n) is 16.5. The van der Waals surface area contributed by atoms with E-state index in [-0.39, 0.29) is 24.8 Å². The Hall–Kier alpha value is -3.02. The lowest BCUT2D eigenvalue weighted by atomic mass is 10.1. The third kappa shape index (κ3) is 5.00. The van der Waals surface area contributed by atoms with Crippen molar-refractivity contribution in [1.29, 1.82) is 0 Å². The average molecular weight is 370 g/mol. The molecule has 144 valence electrons. The van der Waals surface area contributed by atoms with Crippen molar-refractivity contribution in [3.8, 4) is 11.5 Å². The highest BCUT2D eigenvalue weighted by Crippen LogP contribution is 2.32. The summed E-state index contributed by atoms with van der Waals surface area (Å²) in [6.07, 6.45) is 0.160. The molecular weight excluding hydrogens is 344 g/mol. The van der Waals surface area contributed by atoms with Gasteiger partial charge in [-0.2, -0.15) is 0 Å². The Morgan fingerprint density at radius 2 is 1.81 bits per heavy atom. The van der Waals surface area contributed by atoms with Gasteiger partial charge in [0.1, 0.15) is 11.5 Å². The van der Waals surface area contributed by atoms with Crippen molar-refractivity contribution in [2.75, 3.05) is 31.0 Å². The first-order valence-corrected chi connectivity index (χ1v) is 8.73. The van der Waals surface area contributed by atoms with Gasteiger partial charge in [-0.1, -0.05) is 12.1 Å². The Bertz CT molecular complexity index is 833. The molecule has 0 aromatic heterocycles. The fraction of sp³-hybridized carbons (Fsp3) is 0.333. The largest absolute Gasteiger partial charge is 0.497 e. The Labute approximate surface area is 160 Å². The number of hydrogen-bond acceptors (Lipinski definition) is 4. The number of benzene rings is 2. The molecule has 0 aliphatic carbocycles. The number of methoxy groups -OCH3 is 2. The summed E-state index contributed by atoms with van der Waals surface area (Å²) in [5.41, 5.74) is 3.50. The van der Waals surface area contributed by atoms with Crippen molar-refractivity contribution in [3.05, 3.63) is 47.5 Å². The van der Waals surface area contributed by atoms with Crippen LogP contribution in [0.5, 0.6) is 11.5 Å². The van der Waals surface area contributed by atoms with Crippen molar-refractivity contribution in [1.82, 2.24) is 0 Å². The van der Waals surface area contributed by atoms with Crippen LogP contribution in [0.2, 0.25) is 0 Å². The van der Waals surface area contributed by atoms with Gasteiger partial charge >= 0.3 is 0 Å². The number of nitrogens with one attached hydrogen (secondary N) is 1. The van der Waals surface area contributed by atoms with Crippen molar-refractivity contribution < 1.29 is 19.1 Å². The lowest BCUT2D eigenvalue weighted by Crippen LogP contribution is -2.32. The zero-order chi connectivity index (χ0) is 20.0. The molecular formula is C21H26N2O4. The maximum atomic E-state index is 12.4. The van der Waals surface area contributed by atoms with Gasteiger partial charge in [-0.15, -0.1) is 0 Å². The van der Waals surface area contributed by atoms with Crippen LogP contribution in [0.25, 0.3) is 0 Å². The lowest BCUT2D eigenvalue weighted by molar-refractivity contribution is -0.117. The first-order chi connectivity index (χ1) is 12.9. The van der Waals surface area contributed by atoms with Gasteiger partial charge in [-0.05, 0) is 43.2 Å². The number of anilines is 2. The predicted octanol–water partition coefficient (Wildman–Crippen LogP) is 3.70. The fourth-order valence-electron chi connectivity index (χ4n) is 2.77. The Kier molecular flexibility index (Phi) is 6.82. The van der Waals surface area contributed by atoms with Crippen LogP contribution >= 0.6 is 0 Å². The molecule has 6 heteroatoms. The first-order valence-electron chi connectivity index (χ1n) is 8.73. The van der Waals surface area contributed by atoms with E-state index in [0.717, 1.165) is 16.8 Å². The first kappa shape index (κ1) is 20.3. The average Bonchev–Trinajstić information content (AvgIpc) is 2.65. The second-order valence-electron chi connectivity index (χ2n) is 6.25. The Morgan fingerprint density at radius 3 is 2.44 bits per heavy atom. The SMILES string of the molecule is COc1ccc(OC)c(N(CCC(=O)Nc2cccc(C)c2C)C(C)=O)c1. The minimum Gasteiger partial charge on any atom is -0.497 e. The molecule has 2 aromatic carbocycles. The van der Waals surface area contributed by atoms with E-state index in [4.69, 9.17) is 9.47 Å². The van der Waals surface area contributed by atoms with Gasteiger partial charge in [0.05, 0.1) is 19.9 Å². The second kappa shape index (κ2) is 9.07. The standard InChI is InChI=1S/C21H26N2O4/c1-14-7-6-8-18(15(14)2)22-21(25)11-12-23(16(3)24)19-13-17(26-4)9-10-20(19)27-5/h6-10,13H,11-12H2,1-5H3,(H,22,25). The van der Waals surface area contributed by atoms with Crippen molar-refractivity contribution in [3.63, 3.8) is 0 Å². The molecule has 2 aromatic rings. The molecule has 1 N–H and O–H groups in total. The second-order valence-corrected chi connectivity index (χ2v) is 6.25. The van der Waals surface area contributed by atoms with Gasteiger partial charge in [0.25, 0.3) is 0 Å². The molecule has 0 saturated heterocycles. The highest BCUT2D eigenvalue weighted by molar-refractivity contribution is 5.96. The number of hydrogen-bond donors (Lipinski definition) is 1. The maximum Gasteiger partial charge on any atom is 0.226 e. The zero-order valence-corrected chi connectivity index (χ0v) is 16.5. The van der Waals surface area contributed by atoms with E-state index in [1.807, 2.05) is 32.0 Å². The highest BCUT2D eigenvalue weighted by atomic mass is 16.5. The molecule has 0 fully saturated rings. The molecule has 0 saturated carbocycles. The molecule has 0 radical (unpaired) electrons. The number of aryl methyl sites for hydroxylation is 1. The van der Waals surface area contributed by atoms with Gasteiger partial charge in [0.15, 0.2) is 0 Å². The number of rotatable bonds is 7. The van der Waals surface area contributed by atoms with Crippen LogP contribution in [0.15, 0.2) is 36.4 Å². The van der Waals surface area contributed by atoms with Crippen molar-refractivity contribution >= 4 is 23.2 Å². The van der Waals surface area contributed by atoms with E-state index in [1.165, 1.54) is 18.9 Å². The van der Waals surface area contributed by atoms with Crippen LogP contribution in [0.4, 0.5) is 11.4 Å². The van der Waals surface area contributed by atoms with Crippen LogP contribution in [0.3, 0.4) is 0 Å². The van der Waals surface area contributed by atoms with Gasteiger partial charge in [0.2, 0.25) is 11.8 Å². The van der Waals surface area contributed by atoms with Crippen LogP contribution in [-0.2, 0) is 9.59 Å². The maximum absolute atomic E-state index is 12.4. The van der Waals surface area contributed by atoms with Gasteiger partial charge in [-0.25, -0.2) is 0 Å². The molecule has 0 unspecified atom stereocenters. The summed E-state index contributed by atoms with van der Waals surface area (Å²) >= 11 is 0. The Morgan fingerprint density at radius 1 is 1.07 bits per heavy atom. The molecule has 2 amide bonds. The van der Waals surface area contributed by atoms with Crippen LogP contribution < -0.4 is 19.7 Å². The Balaban J connectivity index is 2.14. The third-order valence-corrected chi connectivity index (χ3v) is 4.50. The van der Waals surface area contributed by atoms with E-state index < -0.39 is 0 Å². The summed E-state index contributed by atoms with van der Waals surface area (Å²) in [5, 5.41) is 2.92. The molecule has 0 aliphatic rings. The van der Waals surface area contributed by atoms with E-state index in [2.05, 4.69) is 5.32 Å². The fourth-order valence-corrected chi connectivity index (χ4v) is 2.77. The van der Waals surface area contributed by atoms with Gasteiger partial charge < -0.3 is 19.7 Å². The highest BCUT2D eigenvalue weighted by Gasteiger charge is 2.19. The van der Waals surface area contributed by atoms with Crippen LogP contribution in [0, 0.1) is 13.8 Å². The van der Waals surface area contributed by atoms with Crippen molar-refractivity contribution in [2.45, 2.75) is 27.2 Å².